The Morgan fingerprint density at radius 1 is 1.30 bits per heavy atom. The molecule has 2 aromatic rings. The number of aromatic nitrogens is 3. The van der Waals surface area contributed by atoms with Gasteiger partial charge in [-0.2, -0.15) is 9.36 Å². The van der Waals surface area contributed by atoms with E-state index in [1.54, 1.807) is 6.92 Å². The van der Waals surface area contributed by atoms with Crippen molar-refractivity contribution in [3.63, 3.8) is 0 Å². The first-order valence-electron chi connectivity index (χ1n) is 5.12. The number of thiol groups is 1. The number of thiazole rings is 1. The van der Waals surface area contributed by atoms with Crippen LogP contribution in [0.2, 0.25) is 0 Å². The van der Waals surface area contributed by atoms with E-state index < -0.39 is 10.9 Å². The van der Waals surface area contributed by atoms with E-state index in [2.05, 4.69) is 33.1 Å². The van der Waals surface area contributed by atoms with E-state index in [1.807, 2.05) is 6.26 Å². The summed E-state index contributed by atoms with van der Waals surface area (Å²) in [5, 5.41) is 10.1. The summed E-state index contributed by atoms with van der Waals surface area (Å²) in [4.78, 5) is 8.28. The third-order valence-corrected chi connectivity index (χ3v) is 4.89. The highest BCUT2D eigenvalue weighted by atomic mass is 32.2. The summed E-state index contributed by atoms with van der Waals surface area (Å²) in [7, 11) is -0.757. The molecule has 0 saturated heterocycles. The van der Waals surface area contributed by atoms with Crippen molar-refractivity contribution in [1.29, 1.82) is 0 Å². The average Bonchev–Trinajstić information content (AvgIpc) is 3.03. The minimum Gasteiger partial charge on any atom is -0.290 e. The SMILES string of the molecule is CO[SH](=O)=Nc1nc(C)c(/N=N/c2nc(SC)ns2)s1. The van der Waals surface area contributed by atoms with Crippen molar-refractivity contribution in [3.05, 3.63) is 5.69 Å². The van der Waals surface area contributed by atoms with Crippen LogP contribution in [-0.4, -0.2) is 31.9 Å². The highest BCUT2D eigenvalue weighted by Crippen LogP contribution is 2.34. The molecule has 8 nitrogen and oxygen atoms in total. The van der Waals surface area contributed by atoms with Crippen LogP contribution in [0.1, 0.15) is 5.69 Å². The van der Waals surface area contributed by atoms with Gasteiger partial charge in [-0.05, 0) is 13.2 Å². The van der Waals surface area contributed by atoms with E-state index in [0.717, 1.165) is 0 Å². The van der Waals surface area contributed by atoms with Crippen LogP contribution in [0.25, 0.3) is 0 Å². The van der Waals surface area contributed by atoms with Gasteiger partial charge >= 0.3 is 0 Å². The van der Waals surface area contributed by atoms with Crippen molar-refractivity contribution in [2.75, 3.05) is 13.4 Å². The Labute approximate surface area is 129 Å². The lowest BCUT2D eigenvalue weighted by molar-refractivity contribution is 0.453. The van der Waals surface area contributed by atoms with Crippen molar-refractivity contribution in [1.82, 2.24) is 14.3 Å². The molecule has 0 fully saturated rings. The van der Waals surface area contributed by atoms with Gasteiger partial charge in [-0.1, -0.05) is 23.1 Å². The van der Waals surface area contributed by atoms with Gasteiger partial charge in [0.15, 0.2) is 15.9 Å². The molecule has 2 aromatic heterocycles. The first-order chi connectivity index (χ1) is 9.62. The normalized spacial score (nSPS) is 13.3. The summed E-state index contributed by atoms with van der Waals surface area (Å²) in [6, 6.07) is 0. The molecule has 0 saturated carbocycles. The Balaban J connectivity index is 2.19. The van der Waals surface area contributed by atoms with E-state index in [9.17, 15) is 4.21 Å². The fourth-order valence-corrected chi connectivity index (χ4v) is 3.35. The summed E-state index contributed by atoms with van der Waals surface area (Å²) in [6.07, 6.45) is 1.89. The van der Waals surface area contributed by atoms with Crippen LogP contribution in [0.15, 0.2) is 19.7 Å². The molecule has 0 radical (unpaired) electrons. The Hall–Kier alpha value is -0.950. The highest BCUT2D eigenvalue weighted by molar-refractivity contribution is 7.98. The van der Waals surface area contributed by atoms with Gasteiger partial charge in [0.25, 0.3) is 0 Å². The first kappa shape index (κ1) is 15.4. The number of nitrogens with zero attached hydrogens (tertiary/aromatic N) is 6. The molecule has 1 unspecified atom stereocenters. The Morgan fingerprint density at radius 2 is 2.10 bits per heavy atom. The zero-order valence-electron chi connectivity index (χ0n) is 10.7. The molecular formula is C8H10N6O2S4. The lowest BCUT2D eigenvalue weighted by Gasteiger charge is -1.84. The smallest absolute Gasteiger partial charge is 0.250 e. The zero-order valence-corrected chi connectivity index (χ0v) is 14.0. The zero-order chi connectivity index (χ0) is 14.5. The van der Waals surface area contributed by atoms with Crippen molar-refractivity contribution in [2.45, 2.75) is 12.1 Å². The molecule has 2 heterocycles. The summed E-state index contributed by atoms with van der Waals surface area (Å²) >= 11 is 3.80. The quantitative estimate of drug-likeness (QED) is 0.504. The van der Waals surface area contributed by atoms with Crippen molar-refractivity contribution in [2.24, 2.45) is 14.6 Å². The fraction of sp³-hybridized carbons (Fsp3) is 0.375. The number of hydrogen-bond acceptors (Lipinski definition) is 11. The number of aryl methyl sites for hydroxylation is 1. The molecule has 0 spiro atoms. The predicted molar refractivity (Wildman–Crippen MR) is 81.4 cm³/mol. The molecule has 0 aliphatic heterocycles. The van der Waals surface area contributed by atoms with Crippen molar-refractivity contribution >= 4 is 60.8 Å². The van der Waals surface area contributed by atoms with Crippen LogP contribution in [0.5, 0.6) is 0 Å². The average molecular weight is 350 g/mol. The predicted octanol–water partition coefficient (Wildman–Crippen LogP) is 3.30. The summed E-state index contributed by atoms with van der Waals surface area (Å²) in [5.74, 6) is 0. The number of azo groups is 1. The van der Waals surface area contributed by atoms with Gasteiger partial charge < -0.3 is 0 Å². The molecule has 108 valence electrons. The molecule has 0 aliphatic carbocycles. The molecule has 20 heavy (non-hydrogen) atoms. The van der Waals surface area contributed by atoms with E-state index in [0.29, 0.717) is 26.1 Å². The van der Waals surface area contributed by atoms with Gasteiger partial charge in [0.2, 0.25) is 15.4 Å². The molecule has 0 amide bonds. The second-order valence-electron chi connectivity index (χ2n) is 3.17. The Bertz CT molecular complexity index is 702. The highest BCUT2D eigenvalue weighted by Gasteiger charge is 2.07. The maximum atomic E-state index is 11.2. The topological polar surface area (TPSA) is 102 Å². The summed E-state index contributed by atoms with van der Waals surface area (Å²) in [6.45, 7) is 1.77. The Kier molecular flexibility index (Phi) is 5.54. The van der Waals surface area contributed by atoms with Crippen LogP contribution < -0.4 is 0 Å². The largest absolute Gasteiger partial charge is 0.290 e. The van der Waals surface area contributed by atoms with Crippen molar-refractivity contribution in [3.8, 4) is 0 Å². The van der Waals surface area contributed by atoms with Crippen LogP contribution in [-0.2, 0) is 15.1 Å². The maximum Gasteiger partial charge on any atom is 0.250 e. The second kappa shape index (κ2) is 7.17. The van der Waals surface area contributed by atoms with E-state index in [-0.39, 0.29) is 0 Å². The van der Waals surface area contributed by atoms with Gasteiger partial charge in [0, 0.05) is 11.5 Å². The molecule has 2 rings (SSSR count). The number of rotatable bonds is 5. The standard InChI is InChI=1S/C8H10N6O2S4/c1-4-5(18-8(9-4)14-20(15)16-2)11-12-6-10-7(17-3)13-19-6/h20H,1-3H3/b12-11+. The van der Waals surface area contributed by atoms with Gasteiger partial charge in [0.1, 0.15) is 0 Å². The van der Waals surface area contributed by atoms with Gasteiger partial charge in [-0.3, -0.25) is 4.18 Å². The lowest BCUT2D eigenvalue weighted by atomic mass is 10.5. The lowest BCUT2D eigenvalue weighted by Crippen LogP contribution is -1.76. The van der Waals surface area contributed by atoms with Gasteiger partial charge in [0.05, 0.1) is 12.8 Å². The number of thioether (sulfide) groups is 1. The molecule has 12 heteroatoms. The van der Waals surface area contributed by atoms with E-state index >= 15 is 0 Å². The summed E-state index contributed by atoms with van der Waals surface area (Å²) < 4.78 is 23.6. The maximum absolute atomic E-state index is 11.2. The number of hydrogen-bond donors (Lipinski definition) is 1. The third kappa shape index (κ3) is 4.02. The molecule has 0 aromatic carbocycles. The first-order valence-corrected chi connectivity index (χ1v) is 9.06. The van der Waals surface area contributed by atoms with E-state index in [1.165, 1.54) is 41.7 Å². The molecule has 1 atom stereocenters. The van der Waals surface area contributed by atoms with E-state index in [4.69, 9.17) is 0 Å². The fourth-order valence-electron chi connectivity index (χ4n) is 1.03. The van der Waals surface area contributed by atoms with Crippen LogP contribution in [0, 0.1) is 6.92 Å². The Morgan fingerprint density at radius 3 is 2.75 bits per heavy atom. The van der Waals surface area contributed by atoms with Crippen molar-refractivity contribution < 1.29 is 8.39 Å². The molecule has 0 aliphatic rings. The monoisotopic (exact) mass is 350 g/mol. The summed E-state index contributed by atoms with van der Waals surface area (Å²) in [5.41, 5.74) is 0.659. The van der Waals surface area contributed by atoms with Crippen LogP contribution >= 0.6 is 34.6 Å². The van der Waals surface area contributed by atoms with Crippen LogP contribution in [0.4, 0.5) is 15.3 Å². The molecule has 0 N–H and O–H groups in total. The van der Waals surface area contributed by atoms with Gasteiger partial charge in [-0.15, -0.1) is 14.6 Å². The minimum absolute atomic E-state index is 0.349. The second-order valence-corrected chi connectivity index (χ2v) is 6.67. The van der Waals surface area contributed by atoms with Crippen LogP contribution in [0.3, 0.4) is 0 Å². The van der Waals surface area contributed by atoms with Gasteiger partial charge in [-0.25, -0.2) is 9.19 Å². The molecular weight excluding hydrogens is 340 g/mol. The third-order valence-electron chi connectivity index (χ3n) is 1.89. The minimum atomic E-state index is -2.08. The molecule has 0 bridgehead atoms.